The third kappa shape index (κ3) is 3.32. The molecular weight excluding hydrogens is 391 g/mol. The van der Waals surface area contributed by atoms with Gasteiger partial charge < -0.3 is 5.73 Å². The highest BCUT2D eigenvalue weighted by molar-refractivity contribution is 9.10. The molecular formula is C10H7BrCl2N4O2S. The van der Waals surface area contributed by atoms with E-state index in [1.54, 1.807) is 0 Å². The Kier molecular flexibility index (Phi) is 4.38. The molecule has 10 heteroatoms. The Bertz CT molecular complexity index is 770. The van der Waals surface area contributed by atoms with Gasteiger partial charge in [0, 0.05) is 16.9 Å². The van der Waals surface area contributed by atoms with Crippen molar-refractivity contribution < 1.29 is 8.42 Å². The lowest BCUT2D eigenvalue weighted by Crippen LogP contribution is -2.16. The van der Waals surface area contributed by atoms with Gasteiger partial charge in [-0.15, -0.1) is 0 Å². The van der Waals surface area contributed by atoms with Gasteiger partial charge >= 0.3 is 0 Å². The zero-order valence-electron chi connectivity index (χ0n) is 9.64. The first-order chi connectivity index (χ1) is 9.29. The number of halogens is 3. The highest BCUT2D eigenvalue weighted by Gasteiger charge is 2.21. The van der Waals surface area contributed by atoms with Crippen LogP contribution in [0.3, 0.4) is 0 Å². The molecule has 106 valence electrons. The molecule has 1 aromatic carbocycles. The average Bonchev–Trinajstić information content (AvgIpc) is 2.33. The third-order valence-electron chi connectivity index (χ3n) is 2.17. The van der Waals surface area contributed by atoms with Crippen LogP contribution in [-0.2, 0) is 10.0 Å². The molecule has 1 heterocycles. The topological polar surface area (TPSA) is 98.0 Å². The summed E-state index contributed by atoms with van der Waals surface area (Å²) in [6.45, 7) is 0. The number of nitrogens with two attached hydrogens (primary N) is 1. The maximum Gasteiger partial charge on any atom is 0.265 e. The van der Waals surface area contributed by atoms with Crippen molar-refractivity contribution in [2.24, 2.45) is 0 Å². The van der Waals surface area contributed by atoms with E-state index in [1.165, 1.54) is 24.4 Å². The van der Waals surface area contributed by atoms with Crippen LogP contribution in [0.1, 0.15) is 0 Å². The number of sulfonamides is 1. The van der Waals surface area contributed by atoms with E-state index in [0.717, 1.165) is 0 Å². The summed E-state index contributed by atoms with van der Waals surface area (Å²) >= 11 is 14.6. The molecule has 0 fully saturated rings. The Morgan fingerprint density at radius 2 is 2.00 bits per heavy atom. The Labute approximate surface area is 133 Å². The van der Waals surface area contributed by atoms with E-state index < -0.39 is 10.0 Å². The number of benzene rings is 1. The Morgan fingerprint density at radius 3 is 2.65 bits per heavy atom. The molecule has 1 aromatic heterocycles. The van der Waals surface area contributed by atoms with Crippen molar-refractivity contribution in [2.75, 3.05) is 10.5 Å². The summed E-state index contributed by atoms with van der Waals surface area (Å²) in [5.41, 5.74) is 5.86. The van der Waals surface area contributed by atoms with Crippen molar-refractivity contribution in [2.45, 2.75) is 4.90 Å². The van der Waals surface area contributed by atoms with Gasteiger partial charge in [0.15, 0.2) is 0 Å². The predicted octanol–water partition coefficient (Wildman–Crippen LogP) is 2.93. The number of aromatic nitrogens is 2. The van der Waals surface area contributed by atoms with Gasteiger partial charge in [-0.3, -0.25) is 0 Å². The van der Waals surface area contributed by atoms with E-state index in [2.05, 4.69) is 30.6 Å². The zero-order valence-corrected chi connectivity index (χ0v) is 13.6. The number of anilines is 2. The highest BCUT2D eigenvalue weighted by Crippen LogP contribution is 2.32. The van der Waals surface area contributed by atoms with Crippen LogP contribution < -0.4 is 10.5 Å². The zero-order chi connectivity index (χ0) is 14.9. The van der Waals surface area contributed by atoms with E-state index in [-0.39, 0.29) is 31.2 Å². The molecule has 20 heavy (non-hydrogen) atoms. The monoisotopic (exact) mass is 396 g/mol. The maximum absolute atomic E-state index is 12.3. The molecule has 2 aromatic rings. The molecule has 0 aliphatic rings. The van der Waals surface area contributed by atoms with Crippen LogP contribution >= 0.6 is 39.1 Å². The van der Waals surface area contributed by atoms with Crippen molar-refractivity contribution >= 4 is 60.8 Å². The minimum Gasteiger partial charge on any atom is -0.398 e. The van der Waals surface area contributed by atoms with Gasteiger partial charge in [-0.1, -0.05) is 23.2 Å². The number of nitrogen functional groups attached to an aromatic ring is 1. The van der Waals surface area contributed by atoms with Crippen LogP contribution in [0.2, 0.25) is 10.2 Å². The first kappa shape index (κ1) is 15.3. The molecule has 0 radical (unpaired) electrons. The van der Waals surface area contributed by atoms with Gasteiger partial charge in [0.05, 0.1) is 4.47 Å². The molecule has 0 unspecified atom stereocenters. The van der Waals surface area contributed by atoms with Gasteiger partial charge in [0.25, 0.3) is 10.0 Å². The molecule has 0 aliphatic heterocycles. The van der Waals surface area contributed by atoms with Crippen LogP contribution in [0.5, 0.6) is 0 Å². The fourth-order valence-electron chi connectivity index (χ4n) is 1.34. The van der Waals surface area contributed by atoms with Crippen molar-refractivity contribution in [3.63, 3.8) is 0 Å². The fraction of sp³-hybridized carbons (Fsp3) is 0. The molecule has 2 rings (SSSR count). The fourth-order valence-corrected chi connectivity index (χ4v) is 3.72. The molecule has 0 spiro atoms. The van der Waals surface area contributed by atoms with Gasteiger partial charge in [-0.2, -0.15) is 0 Å². The highest BCUT2D eigenvalue weighted by atomic mass is 79.9. The molecule has 0 aliphatic carbocycles. The standard InChI is InChI=1S/C10H7BrCl2N4O2S/c11-9-6(14)3-5(12)4-7(9)20(18,19)17-10-15-2-1-8(13)16-10/h1-4H,14H2,(H,15,16,17). The second-order valence-corrected chi connectivity index (χ2v) is 6.88. The molecule has 0 saturated carbocycles. The minimum absolute atomic E-state index is 0.113. The SMILES string of the molecule is Nc1cc(Cl)cc(S(=O)(=O)Nc2nccc(Cl)n2)c1Br. The number of nitrogens with one attached hydrogen (secondary N) is 1. The van der Waals surface area contributed by atoms with E-state index in [4.69, 9.17) is 28.9 Å². The number of rotatable bonds is 3. The van der Waals surface area contributed by atoms with Gasteiger partial charge in [-0.25, -0.2) is 23.1 Å². The Hall–Kier alpha value is -1.09. The van der Waals surface area contributed by atoms with E-state index >= 15 is 0 Å². The van der Waals surface area contributed by atoms with Crippen molar-refractivity contribution in [1.82, 2.24) is 9.97 Å². The molecule has 0 amide bonds. The lowest BCUT2D eigenvalue weighted by atomic mass is 10.3. The summed E-state index contributed by atoms with van der Waals surface area (Å²) in [7, 11) is -3.95. The molecule has 0 atom stereocenters. The van der Waals surface area contributed by atoms with Crippen molar-refractivity contribution in [3.05, 3.63) is 39.0 Å². The third-order valence-corrected chi connectivity index (χ3v) is 5.10. The van der Waals surface area contributed by atoms with Crippen LogP contribution in [-0.4, -0.2) is 18.4 Å². The molecule has 6 nitrogen and oxygen atoms in total. The average molecular weight is 398 g/mol. The van der Waals surface area contributed by atoms with E-state index in [9.17, 15) is 8.42 Å². The maximum atomic E-state index is 12.3. The minimum atomic E-state index is -3.95. The number of nitrogens with zero attached hydrogens (tertiary/aromatic N) is 2. The first-order valence-electron chi connectivity index (χ1n) is 5.05. The predicted molar refractivity (Wildman–Crippen MR) is 81.4 cm³/mol. The van der Waals surface area contributed by atoms with Crippen molar-refractivity contribution in [1.29, 1.82) is 0 Å². The van der Waals surface area contributed by atoms with Gasteiger partial charge in [0.2, 0.25) is 5.95 Å². The summed E-state index contributed by atoms with van der Waals surface area (Å²) in [6, 6.07) is 4.11. The van der Waals surface area contributed by atoms with Crippen LogP contribution in [0.25, 0.3) is 0 Å². The quantitative estimate of drug-likeness (QED) is 0.612. The lowest BCUT2D eigenvalue weighted by Gasteiger charge is -2.10. The largest absolute Gasteiger partial charge is 0.398 e. The smallest absolute Gasteiger partial charge is 0.265 e. The molecule has 3 N–H and O–H groups in total. The summed E-state index contributed by atoms with van der Waals surface area (Å²) in [5.74, 6) is -0.150. The summed E-state index contributed by atoms with van der Waals surface area (Å²) in [5, 5.41) is 0.306. The Morgan fingerprint density at radius 1 is 1.30 bits per heavy atom. The number of hydrogen-bond acceptors (Lipinski definition) is 5. The number of hydrogen-bond donors (Lipinski definition) is 2. The molecule has 0 bridgehead atoms. The lowest BCUT2D eigenvalue weighted by molar-refractivity contribution is 0.600. The van der Waals surface area contributed by atoms with Crippen LogP contribution in [0, 0.1) is 0 Å². The normalized spacial score (nSPS) is 11.3. The van der Waals surface area contributed by atoms with Gasteiger partial charge in [-0.05, 0) is 34.1 Å². The van der Waals surface area contributed by atoms with Crippen molar-refractivity contribution in [3.8, 4) is 0 Å². The second kappa shape index (κ2) is 5.72. The summed E-state index contributed by atoms with van der Waals surface area (Å²) in [6.07, 6.45) is 1.33. The second-order valence-electron chi connectivity index (χ2n) is 3.62. The first-order valence-corrected chi connectivity index (χ1v) is 8.09. The van der Waals surface area contributed by atoms with Crippen LogP contribution in [0.4, 0.5) is 11.6 Å². The summed E-state index contributed by atoms with van der Waals surface area (Å²) < 4.78 is 26.9. The molecule has 0 saturated heterocycles. The summed E-state index contributed by atoms with van der Waals surface area (Å²) in [4.78, 5) is 7.38. The van der Waals surface area contributed by atoms with E-state index in [0.29, 0.717) is 0 Å². The van der Waals surface area contributed by atoms with E-state index in [1.807, 2.05) is 0 Å². The van der Waals surface area contributed by atoms with Crippen LogP contribution in [0.15, 0.2) is 33.8 Å². The van der Waals surface area contributed by atoms with Gasteiger partial charge in [0.1, 0.15) is 10.0 Å². The Balaban J connectivity index is 2.46.